The summed E-state index contributed by atoms with van der Waals surface area (Å²) in [6.07, 6.45) is 1.81. The van der Waals surface area contributed by atoms with E-state index in [0.717, 1.165) is 43.9 Å². The Morgan fingerprint density at radius 2 is 1.85 bits per heavy atom. The van der Waals surface area contributed by atoms with Crippen molar-refractivity contribution in [3.63, 3.8) is 0 Å². The molecule has 1 saturated heterocycles. The fourth-order valence-electron chi connectivity index (χ4n) is 4.26. The molecule has 1 atom stereocenters. The van der Waals surface area contributed by atoms with Crippen LogP contribution in [0.5, 0.6) is 5.75 Å². The van der Waals surface area contributed by atoms with Crippen LogP contribution in [0.2, 0.25) is 0 Å². The van der Waals surface area contributed by atoms with E-state index in [0.29, 0.717) is 12.5 Å². The maximum absolute atomic E-state index is 11.0. The number of hydrogen-bond acceptors (Lipinski definition) is 4. The smallest absolute Gasteiger partial charge is 0.191 e. The van der Waals surface area contributed by atoms with E-state index < -0.39 is 5.60 Å². The van der Waals surface area contributed by atoms with Crippen molar-refractivity contribution in [1.29, 1.82) is 0 Å². The van der Waals surface area contributed by atoms with E-state index in [4.69, 9.17) is 14.5 Å². The Kier molecular flexibility index (Phi) is 10.4. The molecule has 1 heterocycles. The molecule has 6 nitrogen and oxygen atoms in total. The van der Waals surface area contributed by atoms with Gasteiger partial charge >= 0.3 is 0 Å². The predicted octanol–water partition coefficient (Wildman–Crippen LogP) is 4.13. The normalized spacial score (nSPS) is 17.4. The van der Waals surface area contributed by atoms with Gasteiger partial charge in [-0.15, -0.1) is 24.0 Å². The third kappa shape index (κ3) is 7.07. The van der Waals surface area contributed by atoms with Gasteiger partial charge in [0.05, 0.1) is 13.7 Å². The molecule has 0 spiro atoms. The van der Waals surface area contributed by atoms with E-state index in [9.17, 15) is 5.11 Å². The summed E-state index contributed by atoms with van der Waals surface area (Å²) in [5.41, 5.74) is 2.12. The third-order valence-corrected chi connectivity index (χ3v) is 6.26. The predicted molar refractivity (Wildman–Crippen MR) is 145 cm³/mol. The summed E-state index contributed by atoms with van der Waals surface area (Å²) in [7, 11) is 1.73. The second-order valence-electron chi connectivity index (χ2n) is 8.79. The molecule has 7 heteroatoms. The van der Waals surface area contributed by atoms with Gasteiger partial charge in [-0.3, -0.25) is 0 Å². The SMILES string of the molecule is CCNC(=NCC(C)(O)c1ccccc1)NCC1(c2cc(C)ccc2OC)CCOCC1.I. The summed E-state index contributed by atoms with van der Waals surface area (Å²) in [5.74, 6) is 1.61. The summed E-state index contributed by atoms with van der Waals surface area (Å²) < 4.78 is 11.4. The highest BCUT2D eigenvalue weighted by atomic mass is 127. The number of aliphatic imine (C=N–C) groups is 1. The summed E-state index contributed by atoms with van der Waals surface area (Å²) in [5, 5.41) is 17.8. The van der Waals surface area contributed by atoms with Crippen molar-refractivity contribution >= 4 is 29.9 Å². The number of benzene rings is 2. The van der Waals surface area contributed by atoms with Crippen LogP contribution in [0.4, 0.5) is 0 Å². The Morgan fingerprint density at radius 3 is 2.48 bits per heavy atom. The number of nitrogens with zero attached hydrogens (tertiary/aromatic N) is 1. The van der Waals surface area contributed by atoms with E-state index in [2.05, 4.69) is 35.8 Å². The maximum Gasteiger partial charge on any atom is 0.191 e. The number of ether oxygens (including phenoxy) is 2. The molecule has 3 rings (SSSR count). The van der Waals surface area contributed by atoms with Gasteiger partial charge in [0.25, 0.3) is 0 Å². The first kappa shape index (κ1) is 27.4. The lowest BCUT2D eigenvalue weighted by molar-refractivity contribution is 0.0504. The average Bonchev–Trinajstić information content (AvgIpc) is 2.82. The minimum Gasteiger partial charge on any atom is -0.496 e. The molecule has 33 heavy (non-hydrogen) atoms. The minimum absolute atomic E-state index is 0. The Balaban J connectivity index is 0.00000385. The van der Waals surface area contributed by atoms with Crippen LogP contribution >= 0.6 is 24.0 Å². The van der Waals surface area contributed by atoms with Crippen molar-refractivity contribution in [1.82, 2.24) is 10.6 Å². The Morgan fingerprint density at radius 1 is 1.15 bits per heavy atom. The Bertz CT molecular complexity index is 897. The van der Waals surface area contributed by atoms with Crippen molar-refractivity contribution in [2.75, 3.05) is 40.0 Å². The number of aryl methyl sites for hydroxylation is 1. The first-order valence-corrected chi connectivity index (χ1v) is 11.4. The summed E-state index contributed by atoms with van der Waals surface area (Å²) >= 11 is 0. The van der Waals surface area contributed by atoms with Gasteiger partial charge in [-0.25, -0.2) is 4.99 Å². The Hall–Kier alpha value is -1.84. The van der Waals surface area contributed by atoms with Gasteiger partial charge in [0, 0.05) is 37.3 Å². The summed E-state index contributed by atoms with van der Waals surface area (Å²) in [4.78, 5) is 4.71. The maximum atomic E-state index is 11.0. The minimum atomic E-state index is -1.04. The van der Waals surface area contributed by atoms with Crippen LogP contribution in [0.15, 0.2) is 53.5 Å². The number of methoxy groups -OCH3 is 1. The van der Waals surface area contributed by atoms with E-state index in [-0.39, 0.29) is 35.9 Å². The second-order valence-corrected chi connectivity index (χ2v) is 8.79. The third-order valence-electron chi connectivity index (χ3n) is 6.26. The first-order chi connectivity index (χ1) is 15.4. The molecule has 1 unspecified atom stereocenters. The number of halogens is 1. The summed E-state index contributed by atoms with van der Waals surface area (Å²) in [6.45, 7) is 9.09. The molecule has 0 radical (unpaired) electrons. The highest BCUT2D eigenvalue weighted by Crippen LogP contribution is 2.40. The summed E-state index contributed by atoms with van der Waals surface area (Å²) in [6, 6.07) is 16.0. The molecule has 1 aliphatic heterocycles. The van der Waals surface area contributed by atoms with Crippen LogP contribution in [0.25, 0.3) is 0 Å². The van der Waals surface area contributed by atoms with Crippen molar-refractivity contribution in [2.24, 2.45) is 4.99 Å². The molecule has 3 N–H and O–H groups in total. The molecule has 2 aromatic carbocycles. The molecular weight excluding hydrogens is 529 g/mol. The molecule has 1 fully saturated rings. The first-order valence-electron chi connectivity index (χ1n) is 11.4. The van der Waals surface area contributed by atoms with Gasteiger partial charge in [-0.05, 0) is 45.2 Å². The zero-order valence-electron chi connectivity index (χ0n) is 20.2. The average molecular weight is 568 g/mol. The van der Waals surface area contributed by atoms with Gasteiger partial charge in [0.15, 0.2) is 5.96 Å². The zero-order valence-corrected chi connectivity index (χ0v) is 22.5. The quantitative estimate of drug-likeness (QED) is 0.254. The van der Waals surface area contributed by atoms with Crippen molar-refractivity contribution in [2.45, 2.75) is 44.6 Å². The molecule has 182 valence electrons. The lowest BCUT2D eigenvalue weighted by atomic mass is 9.73. The van der Waals surface area contributed by atoms with E-state index in [1.54, 1.807) is 14.0 Å². The van der Waals surface area contributed by atoms with Crippen LogP contribution in [-0.2, 0) is 15.8 Å². The molecular formula is C26H38IN3O3. The van der Waals surface area contributed by atoms with Gasteiger partial charge in [0.1, 0.15) is 11.4 Å². The monoisotopic (exact) mass is 567 g/mol. The zero-order chi connectivity index (χ0) is 23.0. The van der Waals surface area contributed by atoms with Gasteiger partial charge in [0.2, 0.25) is 0 Å². The van der Waals surface area contributed by atoms with Crippen LogP contribution in [0.1, 0.15) is 43.4 Å². The molecule has 0 amide bonds. The van der Waals surface area contributed by atoms with E-state index in [1.165, 1.54) is 11.1 Å². The fourth-order valence-corrected chi connectivity index (χ4v) is 4.26. The number of rotatable bonds is 8. The molecule has 2 aromatic rings. The molecule has 0 aromatic heterocycles. The highest BCUT2D eigenvalue weighted by molar-refractivity contribution is 14.0. The Labute approximate surface area is 215 Å². The number of hydrogen-bond donors (Lipinski definition) is 3. The number of nitrogens with one attached hydrogen (secondary N) is 2. The van der Waals surface area contributed by atoms with Crippen molar-refractivity contribution < 1.29 is 14.6 Å². The molecule has 0 saturated carbocycles. The lowest BCUT2D eigenvalue weighted by Gasteiger charge is -2.39. The van der Waals surface area contributed by atoms with Crippen LogP contribution < -0.4 is 15.4 Å². The standard InChI is InChI=1S/C26H37N3O3.HI/c1-5-27-24(28-18-25(3,30)21-9-7-6-8-10-21)29-19-26(13-15-32-16-14-26)22-17-20(2)11-12-23(22)31-4;/h6-12,17,30H,5,13-16,18-19H2,1-4H3,(H2,27,28,29);1H. The van der Waals surface area contributed by atoms with Gasteiger partial charge < -0.3 is 25.2 Å². The topological polar surface area (TPSA) is 75.1 Å². The molecule has 1 aliphatic rings. The van der Waals surface area contributed by atoms with Crippen LogP contribution in [0.3, 0.4) is 0 Å². The number of guanidine groups is 1. The van der Waals surface area contributed by atoms with Crippen molar-refractivity contribution in [3.8, 4) is 5.75 Å². The largest absolute Gasteiger partial charge is 0.496 e. The van der Waals surface area contributed by atoms with Gasteiger partial charge in [-0.2, -0.15) is 0 Å². The van der Waals surface area contributed by atoms with E-state index >= 15 is 0 Å². The lowest BCUT2D eigenvalue weighted by Crippen LogP contribution is -2.48. The van der Waals surface area contributed by atoms with Crippen LogP contribution in [-0.4, -0.2) is 51.0 Å². The highest BCUT2D eigenvalue weighted by Gasteiger charge is 2.37. The number of aliphatic hydroxyl groups is 1. The van der Waals surface area contributed by atoms with E-state index in [1.807, 2.05) is 37.3 Å². The molecule has 0 aliphatic carbocycles. The van der Waals surface area contributed by atoms with Gasteiger partial charge in [-0.1, -0.05) is 48.0 Å². The second kappa shape index (κ2) is 12.6. The molecule has 0 bridgehead atoms. The van der Waals surface area contributed by atoms with Crippen LogP contribution in [0, 0.1) is 6.92 Å². The van der Waals surface area contributed by atoms with Crippen molar-refractivity contribution in [3.05, 3.63) is 65.2 Å². The fraction of sp³-hybridized carbons (Fsp3) is 0.500.